The average molecular weight is 266 g/mol. The highest BCUT2D eigenvalue weighted by Gasteiger charge is 2.27. The van der Waals surface area contributed by atoms with Gasteiger partial charge >= 0.3 is 0 Å². The van der Waals surface area contributed by atoms with Crippen molar-refractivity contribution in [1.82, 2.24) is 9.97 Å². The summed E-state index contributed by atoms with van der Waals surface area (Å²) in [6.45, 7) is 7.91. The van der Waals surface area contributed by atoms with Gasteiger partial charge in [0.15, 0.2) is 11.6 Å². The Labute approximate surface area is 114 Å². The van der Waals surface area contributed by atoms with E-state index in [1.54, 1.807) is 0 Å². The Morgan fingerprint density at radius 3 is 2.79 bits per heavy atom. The predicted molar refractivity (Wildman–Crippen MR) is 76.0 cm³/mol. The zero-order valence-corrected chi connectivity index (χ0v) is 12.0. The van der Waals surface area contributed by atoms with Crippen molar-refractivity contribution in [3.8, 4) is 0 Å². The lowest BCUT2D eigenvalue weighted by molar-refractivity contribution is 0.573. The Morgan fingerprint density at radius 1 is 1.47 bits per heavy atom. The topological polar surface area (TPSA) is 41.1 Å². The van der Waals surface area contributed by atoms with Crippen molar-refractivity contribution in [2.45, 2.75) is 46.1 Å². The first-order valence-electron chi connectivity index (χ1n) is 7.14. The molecular weight excluding hydrogens is 243 g/mol. The molecule has 0 saturated heterocycles. The number of rotatable bonds is 7. The summed E-state index contributed by atoms with van der Waals surface area (Å²) in [4.78, 5) is 10.4. The molecular formula is C14H23FN4. The second-order valence-electron chi connectivity index (χ2n) is 5.48. The number of hydrogen-bond donors (Lipinski definition) is 1. The molecule has 0 aromatic carbocycles. The maximum Gasteiger partial charge on any atom is 0.224 e. The summed E-state index contributed by atoms with van der Waals surface area (Å²) >= 11 is 0. The van der Waals surface area contributed by atoms with Gasteiger partial charge in [0.05, 0.1) is 6.20 Å². The fraction of sp³-hybridized carbons (Fsp3) is 0.714. The van der Waals surface area contributed by atoms with Gasteiger partial charge in [-0.2, -0.15) is 4.98 Å². The number of nitrogens with one attached hydrogen (secondary N) is 1. The first kappa shape index (κ1) is 14.0. The molecule has 5 heteroatoms. The van der Waals surface area contributed by atoms with Crippen LogP contribution in [0.25, 0.3) is 0 Å². The molecule has 1 aromatic rings. The van der Waals surface area contributed by atoms with Crippen LogP contribution in [0.2, 0.25) is 0 Å². The van der Waals surface area contributed by atoms with Crippen LogP contribution in [0.1, 0.15) is 40.0 Å². The Morgan fingerprint density at radius 2 is 2.21 bits per heavy atom. The fourth-order valence-electron chi connectivity index (χ4n) is 2.00. The van der Waals surface area contributed by atoms with Crippen LogP contribution in [0.4, 0.5) is 16.2 Å². The molecule has 0 atom stereocenters. The largest absolute Gasteiger partial charge is 0.354 e. The third kappa shape index (κ3) is 3.78. The second-order valence-corrected chi connectivity index (χ2v) is 5.48. The quantitative estimate of drug-likeness (QED) is 0.823. The summed E-state index contributed by atoms with van der Waals surface area (Å²) < 4.78 is 14.0. The lowest BCUT2D eigenvalue weighted by atomic mass is 10.2. The Hall–Kier alpha value is -1.39. The maximum atomic E-state index is 14.0. The molecule has 0 aliphatic heterocycles. The first-order valence-corrected chi connectivity index (χ1v) is 7.14. The average Bonchev–Trinajstić information content (AvgIpc) is 3.19. The van der Waals surface area contributed by atoms with E-state index in [4.69, 9.17) is 0 Å². The molecule has 106 valence electrons. The molecule has 1 fully saturated rings. The van der Waals surface area contributed by atoms with Gasteiger partial charge in [-0.05, 0) is 39.0 Å². The van der Waals surface area contributed by atoms with Crippen LogP contribution < -0.4 is 10.2 Å². The van der Waals surface area contributed by atoms with Crippen LogP contribution in [-0.4, -0.2) is 29.1 Å². The molecule has 0 bridgehead atoms. The van der Waals surface area contributed by atoms with Gasteiger partial charge in [-0.15, -0.1) is 0 Å². The minimum Gasteiger partial charge on any atom is -0.354 e. The van der Waals surface area contributed by atoms with Gasteiger partial charge in [0.25, 0.3) is 0 Å². The van der Waals surface area contributed by atoms with Crippen LogP contribution in [0.15, 0.2) is 6.20 Å². The van der Waals surface area contributed by atoms with E-state index >= 15 is 0 Å². The summed E-state index contributed by atoms with van der Waals surface area (Å²) in [5.74, 6) is 1.30. The van der Waals surface area contributed by atoms with Crippen molar-refractivity contribution < 1.29 is 4.39 Å². The molecule has 0 amide bonds. The summed E-state index contributed by atoms with van der Waals surface area (Å²) in [7, 11) is 0. The van der Waals surface area contributed by atoms with E-state index in [0.29, 0.717) is 17.7 Å². The van der Waals surface area contributed by atoms with Gasteiger partial charge < -0.3 is 10.2 Å². The molecule has 1 aliphatic rings. The smallest absolute Gasteiger partial charge is 0.224 e. The number of hydrogen-bond acceptors (Lipinski definition) is 4. The van der Waals surface area contributed by atoms with Gasteiger partial charge in [0, 0.05) is 19.1 Å². The van der Waals surface area contributed by atoms with Gasteiger partial charge in [-0.25, -0.2) is 9.37 Å². The number of nitrogens with zero attached hydrogens (tertiary/aromatic N) is 3. The molecule has 4 nitrogen and oxygen atoms in total. The van der Waals surface area contributed by atoms with E-state index in [-0.39, 0.29) is 11.9 Å². The second kappa shape index (κ2) is 6.17. The SMILES string of the molecule is CCCNc1ncc(F)c(N(CC2CC2)C(C)C)n1. The van der Waals surface area contributed by atoms with Crippen molar-refractivity contribution >= 4 is 11.8 Å². The van der Waals surface area contributed by atoms with Gasteiger partial charge in [-0.1, -0.05) is 6.92 Å². The fourth-order valence-corrected chi connectivity index (χ4v) is 2.00. The van der Waals surface area contributed by atoms with E-state index in [0.717, 1.165) is 19.5 Å². The van der Waals surface area contributed by atoms with Crippen molar-refractivity contribution in [2.24, 2.45) is 5.92 Å². The number of anilines is 2. The van der Waals surface area contributed by atoms with Crippen molar-refractivity contribution in [1.29, 1.82) is 0 Å². The predicted octanol–water partition coefficient (Wildman–Crippen LogP) is 3.06. The molecule has 0 radical (unpaired) electrons. The minimum absolute atomic E-state index is 0.240. The normalized spacial score (nSPS) is 14.8. The van der Waals surface area contributed by atoms with E-state index in [1.807, 2.05) is 4.90 Å². The molecule has 1 saturated carbocycles. The lowest BCUT2D eigenvalue weighted by Crippen LogP contribution is -2.34. The molecule has 0 spiro atoms. The third-order valence-corrected chi connectivity index (χ3v) is 3.31. The van der Waals surface area contributed by atoms with Crippen LogP contribution in [-0.2, 0) is 0 Å². The zero-order chi connectivity index (χ0) is 13.8. The van der Waals surface area contributed by atoms with Gasteiger partial charge in [0.2, 0.25) is 5.95 Å². The van der Waals surface area contributed by atoms with E-state index < -0.39 is 0 Å². The van der Waals surface area contributed by atoms with E-state index in [2.05, 4.69) is 36.1 Å². The van der Waals surface area contributed by atoms with Crippen molar-refractivity contribution in [3.05, 3.63) is 12.0 Å². The molecule has 1 aliphatic carbocycles. The Bertz CT molecular complexity index is 418. The summed E-state index contributed by atoms with van der Waals surface area (Å²) in [5, 5.41) is 3.11. The monoisotopic (exact) mass is 266 g/mol. The van der Waals surface area contributed by atoms with Crippen LogP contribution in [0.3, 0.4) is 0 Å². The Balaban J connectivity index is 2.18. The highest BCUT2D eigenvalue weighted by molar-refractivity contribution is 5.45. The van der Waals surface area contributed by atoms with Gasteiger partial charge in [0.1, 0.15) is 0 Å². The summed E-state index contributed by atoms with van der Waals surface area (Å²) in [6, 6.07) is 0.240. The van der Waals surface area contributed by atoms with Crippen LogP contribution in [0.5, 0.6) is 0 Å². The standard InChI is InChI=1S/C14H23FN4/c1-4-7-16-14-17-8-12(15)13(18-14)19(10(2)3)9-11-5-6-11/h8,10-11H,4-7,9H2,1-3H3,(H,16,17,18). The minimum atomic E-state index is -0.337. The highest BCUT2D eigenvalue weighted by Crippen LogP contribution is 2.32. The maximum absolute atomic E-state index is 14.0. The Kier molecular flexibility index (Phi) is 4.56. The lowest BCUT2D eigenvalue weighted by Gasteiger charge is -2.28. The van der Waals surface area contributed by atoms with Crippen LogP contribution in [0, 0.1) is 11.7 Å². The van der Waals surface area contributed by atoms with E-state index in [1.165, 1.54) is 19.0 Å². The third-order valence-electron chi connectivity index (χ3n) is 3.31. The summed E-state index contributed by atoms with van der Waals surface area (Å²) in [5.41, 5.74) is 0. The van der Waals surface area contributed by atoms with Crippen molar-refractivity contribution in [2.75, 3.05) is 23.3 Å². The van der Waals surface area contributed by atoms with E-state index in [9.17, 15) is 4.39 Å². The first-order chi connectivity index (χ1) is 9.11. The molecule has 1 aromatic heterocycles. The van der Waals surface area contributed by atoms with Gasteiger partial charge in [-0.3, -0.25) is 0 Å². The zero-order valence-electron chi connectivity index (χ0n) is 12.0. The van der Waals surface area contributed by atoms with Crippen LogP contribution >= 0.6 is 0 Å². The molecule has 0 unspecified atom stereocenters. The molecule has 1 N–H and O–H groups in total. The van der Waals surface area contributed by atoms with Crippen molar-refractivity contribution in [3.63, 3.8) is 0 Å². The molecule has 19 heavy (non-hydrogen) atoms. The highest BCUT2D eigenvalue weighted by atomic mass is 19.1. The summed E-state index contributed by atoms with van der Waals surface area (Å²) in [6.07, 6.45) is 4.75. The number of aromatic nitrogens is 2. The molecule has 2 rings (SSSR count). The molecule has 1 heterocycles. The number of halogens is 1.